The maximum atomic E-state index is 12.0. The number of carbonyl (C=O) groups excluding carboxylic acids is 1. The van der Waals surface area contributed by atoms with Gasteiger partial charge >= 0.3 is 0 Å². The van der Waals surface area contributed by atoms with E-state index < -0.39 is 0 Å². The first-order chi connectivity index (χ1) is 9.76. The van der Waals surface area contributed by atoms with Crippen LogP contribution in [0.4, 0.5) is 0 Å². The molecule has 2 aromatic rings. The zero-order chi connectivity index (χ0) is 14.4. The second-order valence-electron chi connectivity index (χ2n) is 4.85. The molecule has 2 rings (SSSR count). The summed E-state index contributed by atoms with van der Waals surface area (Å²) in [6.45, 7) is 3.67. The molecule has 0 atom stereocenters. The summed E-state index contributed by atoms with van der Waals surface area (Å²) in [6, 6.07) is 7.86. The lowest BCUT2D eigenvalue weighted by atomic mass is 10.3. The Morgan fingerprint density at radius 1 is 1.40 bits per heavy atom. The first-order valence-corrected chi connectivity index (χ1v) is 7.17. The molecule has 0 aliphatic rings. The summed E-state index contributed by atoms with van der Waals surface area (Å²) in [6.07, 6.45) is 2.76. The monoisotopic (exact) mass is 274 g/mol. The minimum absolute atomic E-state index is 0.0277. The molecule has 3 N–H and O–H groups in total. The van der Waals surface area contributed by atoms with E-state index in [2.05, 4.69) is 17.2 Å². The molecule has 0 bridgehead atoms. The maximum Gasteiger partial charge on any atom is 0.240 e. The van der Waals surface area contributed by atoms with Crippen LogP contribution in [0, 0.1) is 0 Å². The summed E-state index contributed by atoms with van der Waals surface area (Å²) in [5.41, 5.74) is 7.53. The average molecular weight is 274 g/mol. The number of rotatable bonds is 7. The summed E-state index contributed by atoms with van der Waals surface area (Å²) in [5.74, 6) is 0.902. The molecule has 108 valence electrons. The summed E-state index contributed by atoms with van der Waals surface area (Å²) < 4.78 is 1.96. The summed E-state index contributed by atoms with van der Waals surface area (Å²) in [7, 11) is 0. The van der Waals surface area contributed by atoms with E-state index in [1.54, 1.807) is 0 Å². The minimum Gasteiger partial charge on any atom is -0.355 e. The molecule has 0 aliphatic carbocycles. The topological polar surface area (TPSA) is 72.9 Å². The number of fused-ring (bicyclic) bond motifs is 1. The number of unbranched alkanes of at least 4 members (excludes halogenated alkanes) is 1. The van der Waals surface area contributed by atoms with Gasteiger partial charge in [-0.2, -0.15) is 0 Å². The van der Waals surface area contributed by atoms with Gasteiger partial charge in [0.15, 0.2) is 0 Å². The smallest absolute Gasteiger partial charge is 0.240 e. The summed E-state index contributed by atoms with van der Waals surface area (Å²) in [5, 5.41) is 2.94. The molecule has 1 amide bonds. The Hall–Kier alpha value is -1.88. The van der Waals surface area contributed by atoms with Crippen LogP contribution in [0.5, 0.6) is 0 Å². The summed E-state index contributed by atoms with van der Waals surface area (Å²) in [4.78, 5) is 16.5. The van der Waals surface area contributed by atoms with E-state index in [4.69, 9.17) is 5.73 Å². The lowest BCUT2D eigenvalue weighted by Gasteiger charge is -2.09. The number of para-hydroxylation sites is 2. The quantitative estimate of drug-likeness (QED) is 0.751. The Morgan fingerprint density at radius 2 is 2.20 bits per heavy atom. The van der Waals surface area contributed by atoms with Gasteiger partial charge in [-0.05, 0) is 25.1 Å². The molecule has 20 heavy (non-hydrogen) atoms. The van der Waals surface area contributed by atoms with Crippen molar-refractivity contribution < 1.29 is 4.79 Å². The highest BCUT2D eigenvalue weighted by molar-refractivity contribution is 5.81. The Morgan fingerprint density at radius 3 is 2.95 bits per heavy atom. The molecule has 5 heteroatoms. The van der Waals surface area contributed by atoms with Gasteiger partial charge in [-0.25, -0.2) is 4.98 Å². The van der Waals surface area contributed by atoms with Crippen molar-refractivity contribution in [3.8, 4) is 0 Å². The predicted molar refractivity (Wildman–Crippen MR) is 80.4 cm³/mol. The van der Waals surface area contributed by atoms with Gasteiger partial charge in [-0.1, -0.05) is 25.5 Å². The van der Waals surface area contributed by atoms with Crippen LogP contribution in [0.25, 0.3) is 11.0 Å². The molecule has 0 spiro atoms. The number of nitrogens with one attached hydrogen (secondary N) is 1. The third-order valence-electron chi connectivity index (χ3n) is 3.26. The molecule has 0 saturated heterocycles. The number of hydrogen-bond acceptors (Lipinski definition) is 3. The molecule has 0 saturated carbocycles. The van der Waals surface area contributed by atoms with E-state index in [0.29, 0.717) is 19.5 Å². The van der Waals surface area contributed by atoms with Crippen molar-refractivity contribution in [3.05, 3.63) is 30.1 Å². The van der Waals surface area contributed by atoms with E-state index in [1.165, 1.54) is 0 Å². The fraction of sp³-hybridized carbons (Fsp3) is 0.467. The van der Waals surface area contributed by atoms with Crippen molar-refractivity contribution in [2.75, 3.05) is 13.1 Å². The van der Waals surface area contributed by atoms with Crippen LogP contribution >= 0.6 is 0 Å². The molecule has 0 radical (unpaired) electrons. The van der Waals surface area contributed by atoms with Gasteiger partial charge in [-0.3, -0.25) is 4.79 Å². The maximum absolute atomic E-state index is 12.0. The third-order valence-corrected chi connectivity index (χ3v) is 3.26. The number of nitrogens with two attached hydrogens (primary N) is 1. The second kappa shape index (κ2) is 7.05. The lowest BCUT2D eigenvalue weighted by molar-refractivity contribution is -0.121. The summed E-state index contributed by atoms with van der Waals surface area (Å²) >= 11 is 0. The highest BCUT2D eigenvalue weighted by Crippen LogP contribution is 2.16. The van der Waals surface area contributed by atoms with Gasteiger partial charge in [0.25, 0.3) is 0 Å². The van der Waals surface area contributed by atoms with Crippen molar-refractivity contribution in [3.63, 3.8) is 0 Å². The molecular weight excluding hydrogens is 252 g/mol. The average Bonchev–Trinajstić information content (AvgIpc) is 2.78. The largest absolute Gasteiger partial charge is 0.355 e. The fourth-order valence-corrected chi connectivity index (χ4v) is 2.23. The zero-order valence-corrected chi connectivity index (χ0v) is 11.9. The van der Waals surface area contributed by atoms with E-state index >= 15 is 0 Å². The van der Waals surface area contributed by atoms with Crippen molar-refractivity contribution in [1.29, 1.82) is 0 Å². The molecule has 0 aliphatic heterocycles. The molecule has 0 fully saturated rings. The Kier molecular flexibility index (Phi) is 5.12. The standard InChI is InChI=1S/C15H22N4O/c1-2-3-10-17-15(20)11-19-13-7-5-4-6-12(13)18-14(19)8-9-16/h4-7H,2-3,8-11,16H2,1H3,(H,17,20). The normalized spacial score (nSPS) is 10.9. The van der Waals surface area contributed by atoms with Crippen molar-refractivity contribution >= 4 is 16.9 Å². The van der Waals surface area contributed by atoms with Crippen LogP contribution in [0.15, 0.2) is 24.3 Å². The van der Waals surface area contributed by atoms with Gasteiger partial charge in [0, 0.05) is 13.0 Å². The number of carbonyl (C=O) groups is 1. The van der Waals surface area contributed by atoms with Gasteiger partial charge < -0.3 is 15.6 Å². The molecule has 0 unspecified atom stereocenters. The van der Waals surface area contributed by atoms with Crippen molar-refractivity contribution in [1.82, 2.24) is 14.9 Å². The van der Waals surface area contributed by atoms with Gasteiger partial charge in [0.05, 0.1) is 11.0 Å². The van der Waals surface area contributed by atoms with Crippen LogP contribution in [0.3, 0.4) is 0 Å². The SMILES string of the molecule is CCCCNC(=O)Cn1c(CCN)nc2ccccc21. The van der Waals surface area contributed by atoms with E-state index in [-0.39, 0.29) is 5.91 Å². The number of benzene rings is 1. The molecule has 1 aromatic heterocycles. The van der Waals surface area contributed by atoms with Gasteiger partial charge in [0.2, 0.25) is 5.91 Å². The minimum atomic E-state index is 0.0277. The molecule has 5 nitrogen and oxygen atoms in total. The number of nitrogens with zero attached hydrogens (tertiary/aromatic N) is 2. The number of aromatic nitrogens is 2. The number of hydrogen-bond donors (Lipinski definition) is 2. The molecular formula is C15H22N4O. The van der Waals surface area contributed by atoms with Crippen LogP contribution in [-0.2, 0) is 17.8 Å². The van der Waals surface area contributed by atoms with E-state index in [9.17, 15) is 4.79 Å². The Balaban J connectivity index is 2.18. The highest BCUT2D eigenvalue weighted by Gasteiger charge is 2.12. The molecule has 1 aromatic carbocycles. The van der Waals surface area contributed by atoms with Crippen molar-refractivity contribution in [2.45, 2.75) is 32.7 Å². The van der Waals surface area contributed by atoms with Crippen LogP contribution in [0.2, 0.25) is 0 Å². The van der Waals surface area contributed by atoms with Crippen LogP contribution < -0.4 is 11.1 Å². The third kappa shape index (κ3) is 3.36. The highest BCUT2D eigenvalue weighted by atomic mass is 16.1. The van der Waals surface area contributed by atoms with Crippen LogP contribution in [0.1, 0.15) is 25.6 Å². The number of imidazole rings is 1. The second-order valence-corrected chi connectivity index (χ2v) is 4.85. The van der Waals surface area contributed by atoms with Crippen molar-refractivity contribution in [2.24, 2.45) is 5.73 Å². The fourth-order valence-electron chi connectivity index (χ4n) is 2.23. The number of amides is 1. The Bertz CT molecular complexity index is 576. The lowest BCUT2D eigenvalue weighted by Crippen LogP contribution is -2.29. The molecule has 1 heterocycles. The van der Waals surface area contributed by atoms with Crippen LogP contribution in [-0.4, -0.2) is 28.5 Å². The van der Waals surface area contributed by atoms with Gasteiger partial charge in [-0.15, -0.1) is 0 Å². The first-order valence-electron chi connectivity index (χ1n) is 7.17. The Labute approximate surface area is 119 Å². The first kappa shape index (κ1) is 14.5. The van der Waals surface area contributed by atoms with E-state index in [1.807, 2.05) is 28.8 Å². The zero-order valence-electron chi connectivity index (χ0n) is 11.9. The predicted octanol–water partition coefficient (Wildman–Crippen LogP) is 1.45. The van der Waals surface area contributed by atoms with E-state index in [0.717, 1.165) is 36.2 Å². The van der Waals surface area contributed by atoms with Gasteiger partial charge in [0.1, 0.15) is 12.4 Å².